The molecule has 0 unspecified atom stereocenters. The number of imidazole rings is 2. The summed E-state index contributed by atoms with van der Waals surface area (Å²) >= 11 is 0. The molecular weight excluding hydrogens is 508 g/mol. The Morgan fingerprint density at radius 1 is 0.878 bits per heavy atom. The van der Waals surface area contributed by atoms with E-state index in [-0.39, 0.29) is 5.97 Å². The molecule has 0 spiro atoms. The van der Waals surface area contributed by atoms with Gasteiger partial charge >= 0.3 is 5.97 Å². The first-order valence-electron chi connectivity index (χ1n) is 14.1. The van der Waals surface area contributed by atoms with Crippen LogP contribution in [0, 0.1) is 0 Å². The second-order valence-electron chi connectivity index (χ2n) is 11.4. The van der Waals surface area contributed by atoms with Gasteiger partial charge in [0.15, 0.2) is 0 Å². The van der Waals surface area contributed by atoms with E-state index in [9.17, 15) is 4.79 Å². The number of hydrogen-bond acceptors (Lipinski definition) is 4. The average Bonchev–Trinajstić information content (AvgIpc) is 3.54. The summed E-state index contributed by atoms with van der Waals surface area (Å²) in [6, 6.07) is 28.5. The molecule has 0 radical (unpaired) electrons. The van der Waals surface area contributed by atoms with Crippen LogP contribution in [0.3, 0.4) is 0 Å². The van der Waals surface area contributed by atoms with Crippen molar-refractivity contribution in [3.63, 3.8) is 0 Å². The molecule has 0 aliphatic heterocycles. The minimum absolute atomic E-state index is 0.312. The predicted molar refractivity (Wildman–Crippen MR) is 164 cm³/mol. The second kappa shape index (κ2) is 10.7. The number of ether oxygens (including phenoxy) is 1. The molecule has 3 aromatic carbocycles. The number of carbonyl (C=O) groups is 1. The van der Waals surface area contributed by atoms with Crippen LogP contribution in [-0.4, -0.2) is 30.5 Å². The highest BCUT2D eigenvalue weighted by Gasteiger charge is 2.21. The molecule has 0 aliphatic rings. The van der Waals surface area contributed by atoms with Crippen molar-refractivity contribution in [2.75, 3.05) is 0 Å². The standard InChI is InChI=1S/C35H34N4O2/c1-5-10-33-36-29-19-18-26(30-23-38-20-9-8-13-32(38)37-30)21-31(29)39(33)22-24-14-16-25(17-15-24)27-11-6-7-12-28(27)34(40)41-35(2,3)4/h6-9,11-21,23H,5,10,22H2,1-4H3. The van der Waals surface area contributed by atoms with Crippen molar-refractivity contribution >= 4 is 22.6 Å². The molecule has 6 rings (SSSR count). The molecule has 0 atom stereocenters. The zero-order chi connectivity index (χ0) is 28.6. The van der Waals surface area contributed by atoms with Crippen molar-refractivity contribution in [3.8, 4) is 22.4 Å². The molecule has 0 saturated carbocycles. The van der Waals surface area contributed by atoms with Crippen LogP contribution in [0.4, 0.5) is 0 Å². The molecule has 0 N–H and O–H groups in total. The smallest absolute Gasteiger partial charge is 0.339 e. The molecule has 6 aromatic rings. The van der Waals surface area contributed by atoms with Crippen molar-refractivity contribution in [1.29, 1.82) is 0 Å². The third kappa shape index (κ3) is 5.50. The van der Waals surface area contributed by atoms with Crippen molar-refractivity contribution in [1.82, 2.24) is 18.9 Å². The molecular formula is C35H34N4O2. The Labute approximate surface area is 240 Å². The summed E-state index contributed by atoms with van der Waals surface area (Å²) in [6.45, 7) is 8.54. The molecule has 0 amide bonds. The van der Waals surface area contributed by atoms with E-state index in [1.165, 1.54) is 5.56 Å². The Bertz CT molecular complexity index is 1820. The van der Waals surface area contributed by atoms with Crippen LogP contribution >= 0.6 is 0 Å². The fraction of sp³-hybridized carbons (Fsp3) is 0.229. The lowest BCUT2D eigenvalue weighted by molar-refractivity contribution is 0.00704. The quantitative estimate of drug-likeness (QED) is 0.192. The summed E-state index contributed by atoms with van der Waals surface area (Å²) in [5, 5.41) is 0. The Kier molecular flexibility index (Phi) is 6.91. The van der Waals surface area contributed by atoms with Crippen LogP contribution < -0.4 is 0 Å². The number of aryl methyl sites for hydroxylation is 1. The third-order valence-electron chi connectivity index (χ3n) is 7.11. The van der Waals surface area contributed by atoms with Gasteiger partial charge in [-0.15, -0.1) is 0 Å². The lowest BCUT2D eigenvalue weighted by atomic mass is 9.98. The molecule has 0 aliphatic carbocycles. The van der Waals surface area contributed by atoms with E-state index in [0.29, 0.717) is 12.1 Å². The monoisotopic (exact) mass is 542 g/mol. The zero-order valence-corrected chi connectivity index (χ0v) is 24.0. The lowest BCUT2D eigenvalue weighted by Gasteiger charge is -2.20. The maximum atomic E-state index is 12.9. The maximum Gasteiger partial charge on any atom is 0.339 e. The fourth-order valence-corrected chi connectivity index (χ4v) is 5.21. The van der Waals surface area contributed by atoms with Crippen molar-refractivity contribution in [2.45, 2.75) is 52.7 Å². The molecule has 6 nitrogen and oxygen atoms in total. The van der Waals surface area contributed by atoms with Crippen molar-refractivity contribution in [3.05, 3.63) is 114 Å². The summed E-state index contributed by atoms with van der Waals surface area (Å²) in [7, 11) is 0. The molecule has 0 saturated heterocycles. The summed E-state index contributed by atoms with van der Waals surface area (Å²) in [5.74, 6) is 0.765. The number of aromatic nitrogens is 4. The molecule has 3 aromatic heterocycles. The molecule has 6 heteroatoms. The van der Waals surface area contributed by atoms with Gasteiger partial charge in [0.05, 0.1) is 22.3 Å². The van der Waals surface area contributed by atoms with Gasteiger partial charge in [0.25, 0.3) is 0 Å². The van der Waals surface area contributed by atoms with Gasteiger partial charge in [0.2, 0.25) is 0 Å². The van der Waals surface area contributed by atoms with E-state index >= 15 is 0 Å². The number of carbonyl (C=O) groups excluding carboxylic acids is 1. The van der Waals surface area contributed by atoms with Gasteiger partial charge < -0.3 is 13.7 Å². The minimum Gasteiger partial charge on any atom is -0.456 e. The lowest BCUT2D eigenvalue weighted by Crippen LogP contribution is -2.24. The molecule has 0 bridgehead atoms. The molecule has 0 fully saturated rings. The third-order valence-corrected chi connectivity index (χ3v) is 7.11. The van der Waals surface area contributed by atoms with Gasteiger partial charge in [-0.3, -0.25) is 0 Å². The second-order valence-corrected chi connectivity index (χ2v) is 11.4. The predicted octanol–water partition coefficient (Wildman–Crippen LogP) is 7.97. The van der Waals surface area contributed by atoms with Gasteiger partial charge in [-0.05, 0) is 74.2 Å². The first-order chi connectivity index (χ1) is 19.8. The number of hydrogen-bond donors (Lipinski definition) is 0. The molecule has 41 heavy (non-hydrogen) atoms. The maximum absolute atomic E-state index is 12.9. The first kappa shape index (κ1) is 26.5. The molecule has 206 valence electrons. The Hall–Kier alpha value is -4.71. The number of esters is 1. The van der Waals surface area contributed by atoms with Gasteiger partial charge in [-0.25, -0.2) is 14.8 Å². The van der Waals surface area contributed by atoms with Gasteiger partial charge in [-0.1, -0.05) is 61.5 Å². The number of benzene rings is 3. The SMILES string of the molecule is CCCc1nc2ccc(-c3cn4ccccc4n3)cc2n1Cc1ccc(-c2ccccc2C(=O)OC(C)(C)C)cc1. The van der Waals surface area contributed by atoms with Crippen LogP contribution in [0.1, 0.15) is 55.9 Å². The normalized spacial score (nSPS) is 11.8. The van der Waals surface area contributed by atoms with Crippen molar-refractivity contribution < 1.29 is 9.53 Å². The van der Waals surface area contributed by atoms with Crippen LogP contribution in [0.2, 0.25) is 0 Å². The number of pyridine rings is 1. The average molecular weight is 543 g/mol. The number of fused-ring (bicyclic) bond motifs is 2. The highest BCUT2D eigenvalue weighted by atomic mass is 16.6. The largest absolute Gasteiger partial charge is 0.456 e. The van der Waals surface area contributed by atoms with E-state index in [2.05, 4.69) is 60.2 Å². The van der Waals surface area contributed by atoms with Gasteiger partial charge in [0.1, 0.15) is 17.1 Å². The summed E-state index contributed by atoms with van der Waals surface area (Å²) in [4.78, 5) is 22.7. The highest BCUT2D eigenvalue weighted by Crippen LogP contribution is 2.29. The minimum atomic E-state index is -0.553. The van der Waals surface area contributed by atoms with Crippen LogP contribution in [0.5, 0.6) is 0 Å². The van der Waals surface area contributed by atoms with Gasteiger partial charge in [0, 0.05) is 30.9 Å². The zero-order valence-electron chi connectivity index (χ0n) is 24.0. The van der Waals surface area contributed by atoms with E-state index in [0.717, 1.165) is 57.7 Å². The first-order valence-corrected chi connectivity index (χ1v) is 14.1. The Morgan fingerprint density at radius 3 is 2.39 bits per heavy atom. The number of nitrogens with zero attached hydrogens (tertiary/aromatic N) is 4. The Morgan fingerprint density at radius 2 is 1.63 bits per heavy atom. The topological polar surface area (TPSA) is 61.4 Å². The van der Waals surface area contributed by atoms with E-state index in [4.69, 9.17) is 14.7 Å². The summed E-state index contributed by atoms with van der Waals surface area (Å²) in [6.07, 6.45) is 6.00. The van der Waals surface area contributed by atoms with E-state index in [1.54, 1.807) is 0 Å². The summed E-state index contributed by atoms with van der Waals surface area (Å²) in [5.41, 5.74) is 8.05. The molecule has 3 heterocycles. The van der Waals surface area contributed by atoms with Gasteiger partial charge in [-0.2, -0.15) is 0 Å². The summed E-state index contributed by atoms with van der Waals surface area (Å²) < 4.78 is 10.0. The Balaban J connectivity index is 1.33. The van der Waals surface area contributed by atoms with E-state index < -0.39 is 5.60 Å². The van der Waals surface area contributed by atoms with Crippen LogP contribution in [0.15, 0.2) is 97.3 Å². The van der Waals surface area contributed by atoms with E-state index in [1.807, 2.05) is 73.8 Å². The number of rotatable bonds is 7. The fourth-order valence-electron chi connectivity index (χ4n) is 5.21. The highest BCUT2D eigenvalue weighted by molar-refractivity contribution is 5.97. The van der Waals surface area contributed by atoms with Crippen molar-refractivity contribution in [2.24, 2.45) is 0 Å². The van der Waals surface area contributed by atoms with Crippen LogP contribution in [0.25, 0.3) is 39.1 Å². The van der Waals surface area contributed by atoms with Crippen LogP contribution in [-0.2, 0) is 17.7 Å².